The fourth-order valence-corrected chi connectivity index (χ4v) is 2.21. The first kappa shape index (κ1) is 15.7. The number of esters is 1. The van der Waals surface area contributed by atoms with Crippen LogP contribution in [0.25, 0.3) is 0 Å². The summed E-state index contributed by atoms with van der Waals surface area (Å²) < 4.78 is 7.15. The quantitative estimate of drug-likeness (QED) is 0.655. The number of rotatable bonds is 5. The Kier molecular flexibility index (Phi) is 4.73. The molecule has 1 aromatic rings. The van der Waals surface area contributed by atoms with Crippen LogP contribution in [-0.4, -0.2) is 33.4 Å². The zero-order valence-electron chi connectivity index (χ0n) is 11.4. The molecule has 19 heavy (non-hydrogen) atoms. The number of carboxylic acid groups (broad SMARTS) is 1. The van der Waals surface area contributed by atoms with E-state index in [1.165, 1.54) is 6.92 Å². The molecule has 6 nitrogen and oxygen atoms in total. The van der Waals surface area contributed by atoms with Gasteiger partial charge in [-0.05, 0) is 36.7 Å². The number of aryl methyl sites for hydroxylation is 2. The first-order chi connectivity index (χ1) is 8.74. The van der Waals surface area contributed by atoms with Crippen molar-refractivity contribution in [3.8, 4) is 0 Å². The van der Waals surface area contributed by atoms with Gasteiger partial charge < -0.3 is 9.84 Å². The van der Waals surface area contributed by atoms with Crippen molar-refractivity contribution in [2.24, 2.45) is 12.5 Å². The van der Waals surface area contributed by atoms with Crippen molar-refractivity contribution in [2.45, 2.75) is 27.2 Å². The fraction of sp³-hybridized carbons (Fsp3) is 0.583. The standard InChI is InChI=1S/C12H17BrN2O4/c1-5-19-11(18)12(3,10(16)17)6-8-9(13)7(2)14-15(8)4/h5-6H2,1-4H3,(H,16,17). The Morgan fingerprint density at radius 3 is 2.47 bits per heavy atom. The maximum absolute atomic E-state index is 11.9. The normalized spacial score (nSPS) is 13.9. The number of carboxylic acids is 1. The van der Waals surface area contributed by atoms with Crippen LogP contribution in [0.1, 0.15) is 25.2 Å². The molecule has 1 rings (SSSR count). The highest BCUT2D eigenvalue weighted by Crippen LogP contribution is 2.30. The van der Waals surface area contributed by atoms with E-state index < -0.39 is 17.4 Å². The van der Waals surface area contributed by atoms with Gasteiger partial charge in [0.15, 0.2) is 5.41 Å². The lowest BCUT2D eigenvalue weighted by Gasteiger charge is -2.22. The largest absolute Gasteiger partial charge is 0.480 e. The zero-order valence-corrected chi connectivity index (χ0v) is 12.9. The van der Waals surface area contributed by atoms with Crippen LogP contribution in [0.2, 0.25) is 0 Å². The molecule has 0 amide bonds. The van der Waals surface area contributed by atoms with E-state index in [2.05, 4.69) is 21.0 Å². The SMILES string of the molecule is CCOC(=O)C(C)(Cc1c(Br)c(C)nn1C)C(=O)O. The first-order valence-electron chi connectivity index (χ1n) is 5.82. The van der Waals surface area contributed by atoms with Crippen molar-refractivity contribution >= 4 is 27.9 Å². The van der Waals surface area contributed by atoms with E-state index in [-0.39, 0.29) is 13.0 Å². The molecule has 0 bridgehead atoms. The van der Waals surface area contributed by atoms with Crippen LogP contribution >= 0.6 is 15.9 Å². The Bertz CT molecular complexity index is 512. The van der Waals surface area contributed by atoms with Gasteiger partial charge >= 0.3 is 11.9 Å². The molecule has 1 heterocycles. The monoisotopic (exact) mass is 332 g/mol. The van der Waals surface area contributed by atoms with Gasteiger partial charge in [0.2, 0.25) is 0 Å². The highest BCUT2D eigenvalue weighted by Gasteiger charge is 2.44. The van der Waals surface area contributed by atoms with Gasteiger partial charge in [-0.3, -0.25) is 14.3 Å². The minimum atomic E-state index is -1.63. The lowest BCUT2D eigenvalue weighted by molar-refractivity contribution is -0.167. The topological polar surface area (TPSA) is 81.4 Å². The van der Waals surface area contributed by atoms with Crippen molar-refractivity contribution in [1.82, 2.24) is 9.78 Å². The fourth-order valence-electron chi connectivity index (χ4n) is 1.73. The van der Waals surface area contributed by atoms with E-state index in [1.807, 2.05) is 0 Å². The Balaban J connectivity index is 3.16. The lowest BCUT2D eigenvalue weighted by Crippen LogP contribution is -2.40. The molecule has 1 unspecified atom stereocenters. The summed E-state index contributed by atoms with van der Waals surface area (Å²) in [6.07, 6.45) is 0.0130. The van der Waals surface area contributed by atoms with Crippen LogP contribution in [-0.2, 0) is 27.8 Å². The predicted molar refractivity (Wildman–Crippen MR) is 71.7 cm³/mol. The van der Waals surface area contributed by atoms with Gasteiger partial charge in [-0.15, -0.1) is 0 Å². The van der Waals surface area contributed by atoms with Crippen molar-refractivity contribution in [1.29, 1.82) is 0 Å². The maximum atomic E-state index is 11.9. The van der Waals surface area contributed by atoms with Crippen LogP contribution in [0.15, 0.2) is 4.47 Å². The van der Waals surface area contributed by atoms with E-state index in [0.717, 1.165) is 5.69 Å². The number of carbonyl (C=O) groups is 2. The van der Waals surface area contributed by atoms with Gasteiger partial charge in [0.05, 0.1) is 22.5 Å². The van der Waals surface area contributed by atoms with Crippen molar-refractivity contribution in [3.63, 3.8) is 0 Å². The second-order valence-electron chi connectivity index (χ2n) is 4.50. The van der Waals surface area contributed by atoms with Crippen molar-refractivity contribution in [3.05, 3.63) is 15.9 Å². The van der Waals surface area contributed by atoms with Crippen LogP contribution in [0.4, 0.5) is 0 Å². The molecule has 0 radical (unpaired) electrons. The number of nitrogens with zero attached hydrogens (tertiary/aromatic N) is 2. The highest BCUT2D eigenvalue weighted by atomic mass is 79.9. The predicted octanol–water partition coefficient (Wildman–Crippen LogP) is 1.69. The molecule has 1 atom stereocenters. The minimum absolute atomic E-state index is 0.0130. The highest BCUT2D eigenvalue weighted by molar-refractivity contribution is 9.10. The molecule has 0 saturated carbocycles. The molecule has 7 heteroatoms. The van der Waals surface area contributed by atoms with Crippen LogP contribution < -0.4 is 0 Å². The van der Waals surface area contributed by atoms with Gasteiger partial charge in [-0.25, -0.2) is 0 Å². The Hall–Kier alpha value is -1.37. The van der Waals surface area contributed by atoms with Crippen LogP contribution in [0, 0.1) is 12.3 Å². The smallest absolute Gasteiger partial charge is 0.323 e. The van der Waals surface area contributed by atoms with Gasteiger partial charge in [0, 0.05) is 13.5 Å². The number of hydrogen-bond acceptors (Lipinski definition) is 4. The maximum Gasteiger partial charge on any atom is 0.323 e. The summed E-state index contributed by atoms with van der Waals surface area (Å²) in [6, 6.07) is 0. The Morgan fingerprint density at radius 1 is 1.53 bits per heavy atom. The van der Waals surface area contributed by atoms with E-state index in [0.29, 0.717) is 10.2 Å². The van der Waals surface area contributed by atoms with Gasteiger partial charge in [0.1, 0.15) is 0 Å². The molecule has 0 aliphatic heterocycles. The zero-order chi connectivity index (χ0) is 14.8. The van der Waals surface area contributed by atoms with Crippen molar-refractivity contribution in [2.75, 3.05) is 6.61 Å². The van der Waals surface area contributed by atoms with Crippen LogP contribution in [0.3, 0.4) is 0 Å². The van der Waals surface area contributed by atoms with Crippen molar-refractivity contribution < 1.29 is 19.4 Å². The minimum Gasteiger partial charge on any atom is -0.480 e. The molecule has 1 N–H and O–H groups in total. The molecule has 0 aromatic carbocycles. The second kappa shape index (κ2) is 5.73. The van der Waals surface area contributed by atoms with Gasteiger partial charge in [-0.2, -0.15) is 5.10 Å². The molecule has 106 valence electrons. The molecule has 0 saturated heterocycles. The number of aromatic nitrogens is 2. The molecule has 1 aromatic heterocycles. The number of ether oxygens (including phenoxy) is 1. The summed E-state index contributed by atoms with van der Waals surface area (Å²) in [4.78, 5) is 23.3. The summed E-state index contributed by atoms with van der Waals surface area (Å²) in [6.45, 7) is 4.95. The number of aliphatic carboxylic acids is 1. The second-order valence-corrected chi connectivity index (χ2v) is 5.30. The number of halogens is 1. The Morgan fingerprint density at radius 2 is 2.11 bits per heavy atom. The summed E-state index contributed by atoms with van der Waals surface area (Å²) in [5.74, 6) is -1.95. The van der Waals surface area contributed by atoms with Crippen LogP contribution in [0.5, 0.6) is 0 Å². The number of hydrogen-bond donors (Lipinski definition) is 1. The first-order valence-corrected chi connectivity index (χ1v) is 6.62. The van der Waals surface area contributed by atoms with Gasteiger partial charge in [0.25, 0.3) is 0 Å². The summed E-state index contributed by atoms with van der Waals surface area (Å²) in [5.41, 5.74) is -0.233. The van der Waals surface area contributed by atoms with Gasteiger partial charge in [-0.1, -0.05) is 0 Å². The molecule has 0 fully saturated rings. The van der Waals surface area contributed by atoms with E-state index >= 15 is 0 Å². The van der Waals surface area contributed by atoms with E-state index in [4.69, 9.17) is 4.74 Å². The third kappa shape index (κ3) is 2.97. The lowest BCUT2D eigenvalue weighted by atomic mass is 9.85. The molecule has 0 aliphatic rings. The molecular formula is C12H17BrN2O4. The molecule has 0 spiro atoms. The third-order valence-electron chi connectivity index (χ3n) is 2.98. The summed E-state index contributed by atoms with van der Waals surface area (Å²) in [5, 5.41) is 13.5. The third-order valence-corrected chi connectivity index (χ3v) is 4.01. The summed E-state index contributed by atoms with van der Waals surface area (Å²) >= 11 is 3.36. The number of carbonyl (C=O) groups excluding carboxylic acids is 1. The summed E-state index contributed by atoms with van der Waals surface area (Å²) in [7, 11) is 1.71. The Labute approximate surface area is 119 Å². The average molecular weight is 333 g/mol. The average Bonchev–Trinajstić information content (AvgIpc) is 2.55. The van der Waals surface area contributed by atoms with E-state index in [9.17, 15) is 14.7 Å². The molecular weight excluding hydrogens is 316 g/mol. The van der Waals surface area contributed by atoms with E-state index in [1.54, 1.807) is 25.6 Å². The molecule has 0 aliphatic carbocycles.